The summed E-state index contributed by atoms with van der Waals surface area (Å²) in [5.74, 6) is 1.25. The Morgan fingerprint density at radius 1 is 0.960 bits per heavy atom. The fraction of sp³-hybridized carbons (Fsp3) is 0.200. The minimum atomic E-state index is -0.177. The molecule has 5 heteroatoms. The van der Waals surface area contributed by atoms with Gasteiger partial charge in [0.25, 0.3) is 0 Å². The quantitative estimate of drug-likeness (QED) is 0.689. The largest absolute Gasteiger partial charge is 0.370 e. The van der Waals surface area contributed by atoms with Crippen molar-refractivity contribution < 1.29 is 4.39 Å². The predicted octanol–water partition coefficient (Wildman–Crippen LogP) is 4.63. The number of halogens is 1. The summed E-state index contributed by atoms with van der Waals surface area (Å²) in [7, 11) is 0. The highest BCUT2D eigenvalue weighted by Gasteiger charge is 2.04. The molecule has 2 aromatic carbocycles. The Labute approximate surface area is 147 Å². The second-order valence-electron chi connectivity index (χ2n) is 6.00. The number of aryl methyl sites for hydroxylation is 2. The molecule has 0 atom stereocenters. The van der Waals surface area contributed by atoms with Crippen LogP contribution in [0.3, 0.4) is 0 Å². The third kappa shape index (κ3) is 4.53. The highest BCUT2D eigenvalue weighted by atomic mass is 19.1. The Kier molecular flexibility index (Phi) is 5.23. The number of aromatic nitrogens is 2. The Morgan fingerprint density at radius 2 is 1.76 bits per heavy atom. The van der Waals surface area contributed by atoms with Crippen LogP contribution in [0.4, 0.5) is 21.7 Å². The van der Waals surface area contributed by atoms with Gasteiger partial charge in [0.2, 0.25) is 0 Å². The van der Waals surface area contributed by atoms with E-state index in [0.29, 0.717) is 24.3 Å². The summed E-state index contributed by atoms with van der Waals surface area (Å²) in [6.07, 6.45) is 2.11. The van der Waals surface area contributed by atoms with E-state index >= 15 is 0 Å². The highest BCUT2D eigenvalue weighted by molar-refractivity contribution is 5.63. The standard InChI is InChI=1S/C20H21FN4/c1-14-7-8-15(2)18(11-14)25-20-12-19(23-13-24-20)22-10-9-16-5-3-4-6-17(16)21/h3-8,11-13H,9-10H2,1-2H3,(H2,22,23,24,25). The van der Waals surface area contributed by atoms with Crippen LogP contribution in [0.15, 0.2) is 54.9 Å². The molecule has 0 amide bonds. The van der Waals surface area contributed by atoms with Gasteiger partial charge in [-0.05, 0) is 49.1 Å². The fourth-order valence-corrected chi connectivity index (χ4v) is 2.56. The molecule has 1 heterocycles. The molecule has 3 rings (SSSR count). The molecule has 0 radical (unpaired) electrons. The number of benzene rings is 2. The zero-order valence-corrected chi connectivity index (χ0v) is 14.4. The molecule has 25 heavy (non-hydrogen) atoms. The van der Waals surface area contributed by atoms with Crippen LogP contribution >= 0.6 is 0 Å². The number of nitrogens with one attached hydrogen (secondary N) is 2. The lowest BCUT2D eigenvalue weighted by Gasteiger charge is -2.11. The molecule has 0 fully saturated rings. The molecule has 3 aromatic rings. The SMILES string of the molecule is Cc1ccc(C)c(Nc2cc(NCCc3ccccc3F)ncn2)c1. The van der Waals surface area contributed by atoms with E-state index < -0.39 is 0 Å². The maximum atomic E-state index is 13.6. The van der Waals surface area contributed by atoms with Gasteiger partial charge in [0, 0.05) is 18.3 Å². The highest BCUT2D eigenvalue weighted by Crippen LogP contribution is 2.21. The first-order valence-corrected chi connectivity index (χ1v) is 8.25. The molecule has 0 spiro atoms. The zero-order valence-electron chi connectivity index (χ0n) is 14.4. The topological polar surface area (TPSA) is 49.8 Å². The molecular weight excluding hydrogens is 315 g/mol. The van der Waals surface area contributed by atoms with Crippen LogP contribution in [0.25, 0.3) is 0 Å². The summed E-state index contributed by atoms with van der Waals surface area (Å²) in [6, 6.07) is 14.9. The second-order valence-corrected chi connectivity index (χ2v) is 6.00. The van der Waals surface area contributed by atoms with E-state index in [9.17, 15) is 4.39 Å². The van der Waals surface area contributed by atoms with Gasteiger partial charge in [-0.1, -0.05) is 30.3 Å². The third-order valence-electron chi connectivity index (χ3n) is 3.98. The van der Waals surface area contributed by atoms with E-state index in [1.165, 1.54) is 18.0 Å². The lowest BCUT2D eigenvalue weighted by atomic mass is 10.1. The Hall–Kier alpha value is -2.95. The fourth-order valence-electron chi connectivity index (χ4n) is 2.56. The van der Waals surface area contributed by atoms with Crippen molar-refractivity contribution in [1.82, 2.24) is 9.97 Å². The molecule has 0 aliphatic rings. The van der Waals surface area contributed by atoms with Crippen molar-refractivity contribution in [3.05, 3.63) is 77.4 Å². The monoisotopic (exact) mass is 336 g/mol. The average molecular weight is 336 g/mol. The smallest absolute Gasteiger partial charge is 0.135 e. The number of rotatable bonds is 6. The van der Waals surface area contributed by atoms with Crippen LogP contribution in [-0.2, 0) is 6.42 Å². The number of nitrogens with zero attached hydrogens (tertiary/aromatic N) is 2. The first kappa shape index (κ1) is 16.9. The van der Waals surface area contributed by atoms with Gasteiger partial charge in [-0.3, -0.25) is 0 Å². The van der Waals surface area contributed by atoms with Crippen LogP contribution in [0.5, 0.6) is 0 Å². The zero-order chi connectivity index (χ0) is 17.6. The van der Waals surface area contributed by atoms with E-state index in [-0.39, 0.29) is 5.82 Å². The van der Waals surface area contributed by atoms with Gasteiger partial charge in [-0.15, -0.1) is 0 Å². The summed E-state index contributed by atoms with van der Waals surface area (Å²) >= 11 is 0. The van der Waals surface area contributed by atoms with Crippen molar-refractivity contribution in [2.24, 2.45) is 0 Å². The van der Waals surface area contributed by atoms with Gasteiger partial charge >= 0.3 is 0 Å². The van der Waals surface area contributed by atoms with Crippen molar-refractivity contribution in [2.45, 2.75) is 20.3 Å². The van der Waals surface area contributed by atoms with Crippen molar-refractivity contribution in [3.63, 3.8) is 0 Å². The van der Waals surface area contributed by atoms with Crippen LogP contribution in [-0.4, -0.2) is 16.5 Å². The van der Waals surface area contributed by atoms with Gasteiger partial charge in [0.05, 0.1) is 0 Å². The Balaban J connectivity index is 1.63. The van der Waals surface area contributed by atoms with Crippen LogP contribution in [0.2, 0.25) is 0 Å². The second kappa shape index (κ2) is 7.75. The van der Waals surface area contributed by atoms with Gasteiger partial charge in [0.15, 0.2) is 0 Å². The van der Waals surface area contributed by atoms with E-state index in [0.717, 1.165) is 17.1 Å². The molecule has 0 saturated carbocycles. The molecule has 0 aliphatic carbocycles. The van der Waals surface area contributed by atoms with Gasteiger partial charge in [-0.25, -0.2) is 14.4 Å². The molecule has 128 valence electrons. The lowest BCUT2D eigenvalue weighted by molar-refractivity contribution is 0.610. The normalized spacial score (nSPS) is 10.5. The summed E-state index contributed by atoms with van der Waals surface area (Å²) < 4.78 is 13.6. The van der Waals surface area contributed by atoms with E-state index in [4.69, 9.17) is 0 Å². The Bertz CT molecular complexity index is 864. The summed E-state index contributed by atoms with van der Waals surface area (Å²) in [5.41, 5.74) is 4.05. The van der Waals surface area contributed by atoms with Crippen LogP contribution in [0, 0.1) is 19.7 Å². The van der Waals surface area contributed by atoms with Crippen molar-refractivity contribution in [2.75, 3.05) is 17.2 Å². The molecule has 0 aliphatic heterocycles. The molecule has 0 saturated heterocycles. The van der Waals surface area contributed by atoms with Crippen molar-refractivity contribution in [3.8, 4) is 0 Å². The molecule has 0 unspecified atom stereocenters. The van der Waals surface area contributed by atoms with E-state index in [1.54, 1.807) is 12.1 Å². The average Bonchev–Trinajstić information content (AvgIpc) is 2.60. The molecule has 4 nitrogen and oxygen atoms in total. The van der Waals surface area contributed by atoms with Crippen LogP contribution in [0.1, 0.15) is 16.7 Å². The van der Waals surface area contributed by atoms with Gasteiger partial charge in [-0.2, -0.15) is 0 Å². The van der Waals surface area contributed by atoms with Crippen LogP contribution < -0.4 is 10.6 Å². The summed E-state index contributed by atoms with van der Waals surface area (Å²) in [4.78, 5) is 8.48. The first-order chi connectivity index (χ1) is 12.1. The number of anilines is 3. The lowest BCUT2D eigenvalue weighted by Crippen LogP contribution is -2.08. The molecule has 1 aromatic heterocycles. The third-order valence-corrected chi connectivity index (χ3v) is 3.98. The van der Waals surface area contributed by atoms with Crippen molar-refractivity contribution >= 4 is 17.3 Å². The molecule has 2 N–H and O–H groups in total. The maximum Gasteiger partial charge on any atom is 0.135 e. The first-order valence-electron chi connectivity index (χ1n) is 8.25. The van der Waals surface area contributed by atoms with Crippen molar-refractivity contribution in [1.29, 1.82) is 0 Å². The van der Waals surface area contributed by atoms with Gasteiger partial charge in [0.1, 0.15) is 23.8 Å². The maximum absolute atomic E-state index is 13.6. The minimum absolute atomic E-state index is 0.177. The Morgan fingerprint density at radius 3 is 2.60 bits per heavy atom. The minimum Gasteiger partial charge on any atom is -0.370 e. The van der Waals surface area contributed by atoms with E-state index in [1.807, 2.05) is 12.1 Å². The predicted molar refractivity (Wildman–Crippen MR) is 99.8 cm³/mol. The molecular formula is C20H21FN4. The van der Waals surface area contributed by atoms with E-state index in [2.05, 4.69) is 52.6 Å². The number of hydrogen-bond acceptors (Lipinski definition) is 4. The number of hydrogen-bond donors (Lipinski definition) is 2. The molecule has 0 bridgehead atoms. The summed E-state index contributed by atoms with van der Waals surface area (Å²) in [5, 5.41) is 6.53. The van der Waals surface area contributed by atoms with Gasteiger partial charge < -0.3 is 10.6 Å². The summed E-state index contributed by atoms with van der Waals surface area (Å²) in [6.45, 7) is 4.71.